The van der Waals surface area contributed by atoms with Crippen LogP contribution in [0.15, 0.2) is 0 Å². The van der Waals surface area contributed by atoms with Crippen LogP contribution >= 0.6 is 0 Å². The summed E-state index contributed by atoms with van der Waals surface area (Å²) in [6, 6.07) is 0. The van der Waals surface area contributed by atoms with Crippen molar-refractivity contribution in [3.63, 3.8) is 0 Å². The number of carbonyl (C=O) groups is 3. The summed E-state index contributed by atoms with van der Waals surface area (Å²) in [7, 11) is 0. The second-order valence-corrected chi connectivity index (χ2v) is 2.57. The number of hydrogen-bond donors (Lipinski definition) is 3. The first-order valence-electron chi connectivity index (χ1n) is 4.23. The van der Waals surface area contributed by atoms with E-state index >= 15 is 0 Å². The first-order valence-corrected chi connectivity index (χ1v) is 4.23. The number of carbonyl (C=O) groups excluding carboxylic acids is 3. The zero-order chi connectivity index (χ0) is 14.6. The van der Waals surface area contributed by atoms with Crippen LogP contribution in [0.2, 0.25) is 0 Å². The average molecular weight is 300 g/mol. The van der Waals surface area contributed by atoms with Gasteiger partial charge < -0.3 is 45.6 Å². The van der Waals surface area contributed by atoms with Gasteiger partial charge in [-0.1, -0.05) is 0 Å². The standard InChI is InChI=1S/2C3H6O3.C2H5NO2.Ti/c2*1-2(4)3(5)6;3-1-2(4)5;/h2*2,4H,1H3,(H,5,6);1,3H2,(H,4,5);/q;;;+3/p-3. The summed E-state index contributed by atoms with van der Waals surface area (Å²) in [5.74, 6) is -4.09. The number of aliphatic hydroxyl groups excluding tert-OH is 2. The van der Waals surface area contributed by atoms with E-state index in [4.69, 9.17) is 20.1 Å². The van der Waals surface area contributed by atoms with Crippen molar-refractivity contribution in [2.75, 3.05) is 6.54 Å². The van der Waals surface area contributed by atoms with E-state index in [0.29, 0.717) is 0 Å². The van der Waals surface area contributed by atoms with Crippen molar-refractivity contribution >= 4 is 17.9 Å². The minimum atomic E-state index is -1.44. The Morgan fingerprint density at radius 3 is 1.11 bits per heavy atom. The van der Waals surface area contributed by atoms with Crippen LogP contribution in [-0.2, 0) is 36.1 Å². The SMILES string of the molecule is CC(O)C(=O)[O-].CC(O)C(=O)[O-].NCC(=O)[O-].[Ti+3]. The molecule has 2 atom stereocenters. The predicted octanol–water partition coefficient (Wildman–Crippen LogP) is -6.07. The monoisotopic (exact) mass is 300 g/mol. The third-order valence-corrected chi connectivity index (χ3v) is 0.849. The molecule has 0 aliphatic rings. The first kappa shape index (κ1) is 25.8. The Bertz CT molecular complexity index is 225. The molecule has 0 aromatic carbocycles. The summed E-state index contributed by atoms with van der Waals surface area (Å²) >= 11 is 0. The van der Waals surface area contributed by atoms with Gasteiger partial charge in [0.05, 0.1) is 30.1 Å². The largest absolute Gasteiger partial charge is 3.00 e. The van der Waals surface area contributed by atoms with Gasteiger partial charge in [0.1, 0.15) is 0 Å². The molecular weight excluding hydrogens is 286 g/mol. The van der Waals surface area contributed by atoms with Gasteiger partial charge in [-0.2, -0.15) is 0 Å². The molecule has 1 radical (unpaired) electrons. The van der Waals surface area contributed by atoms with Crippen molar-refractivity contribution in [1.29, 1.82) is 0 Å². The Labute approximate surface area is 118 Å². The van der Waals surface area contributed by atoms with Crippen molar-refractivity contribution in [2.24, 2.45) is 5.73 Å². The fourth-order valence-electron chi connectivity index (χ4n) is 0. The van der Waals surface area contributed by atoms with Gasteiger partial charge in [-0.3, -0.25) is 0 Å². The Morgan fingerprint density at radius 1 is 1.00 bits per heavy atom. The fourth-order valence-corrected chi connectivity index (χ4v) is 0. The minimum absolute atomic E-state index is 0. The van der Waals surface area contributed by atoms with Gasteiger partial charge in [0.25, 0.3) is 0 Å². The van der Waals surface area contributed by atoms with Crippen molar-refractivity contribution in [2.45, 2.75) is 26.1 Å². The topological polar surface area (TPSA) is 187 Å². The first-order chi connectivity index (χ1) is 7.56. The minimum Gasteiger partial charge on any atom is -0.549 e. The molecule has 9 nitrogen and oxygen atoms in total. The van der Waals surface area contributed by atoms with Crippen molar-refractivity contribution in [1.82, 2.24) is 0 Å². The van der Waals surface area contributed by atoms with Gasteiger partial charge in [-0.25, -0.2) is 0 Å². The molecule has 0 aliphatic heterocycles. The molecule has 10 heteroatoms. The Balaban J connectivity index is -0.0000000799. The summed E-state index contributed by atoms with van der Waals surface area (Å²) in [6.45, 7) is 1.88. The van der Waals surface area contributed by atoms with E-state index < -0.39 is 30.1 Å². The van der Waals surface area contributed by atoms with Crippen LogP contribution < -0.4 is 21.1 Å². The number of carboxylic acid groups (broad SMARTS) is 3. The zero-order valence-corrected chi connectivity index (χ0v) is 11.3. The molecule has 0 aromatic heterocycles. The normalized spacial score (nSPS) is 11.2. The Morgan fingerprint density at radius 2 is 1.11 bits per heavy atom. The maximum atomic E-state index is 9.34. The average Bonchev–Trinajstić information content (AvgIpc) is 2.19. The van der Waals surface area contributed by atoms with Gasteiger partial charge >= 0.3 is 21.7 Å². The van der Waals surface area contributed by atoms with E-state index in [-0.39, 0.29) is 28.3 Å². The molecule has 0 aromatic rings. The Kier molecular flexibility index (Phi) is 22.9. The molecule has 0 saturated carbocycles. The molecule has 4 N–H and O–H groups in total. The number of aliphatic hydroxyl groups is 2. The third kappa shape index (κ3) is 36.3. The molecule has 0 fully saturated rings. The molecule has 0 spiro atoms. The molecule has 18 heavy (non-hydrogen) atoms. The maximum Gasteiger partial charge on any atom is 3.00 e. The van der Waals surface area contributed by atoms with Crippen LogP contribution in [0, 0.1) is 0 Å². The predicted molar refractivity (Wildman–Crippen MR) is 47.4 cm³/mol. The zero-order valence-electron chi connectivity index (χ0n) is 9.78. The van der Waals surface area contributed by atoms with E-state index in [1.54, 1.807) is 0 Å². The molecule has 0 saturated heterocycles. The van der Waals surface area contributed by atoms with Crippen molar-refractivity contribution in [3.8, 4) is 0 Å². The van der Waals surface area contributed by atoms with E-state index in [1.165, 1.54) is 0 Å². The van der Waals surface area contributed by atoms with Crippen LogP contribution in [0.5, 0.6) is 0 Å². The van der Waals surface area contributed by atoms with E-state index in [2.05, 4.69) is 5.73 Å². The van der Waals surface area contributed by atoms with Crippen LogP contribution in [0.3, 0.4) is 0 Å². The van der Waals surface area contributed by atoms with E-state index in [0.717, 1.165) is 13.8 Å². The molecule has 0 bridgehead atoms. The molecular formula is C8H14NO8Ti. The molecule has 0 rings (SSSR count). The number of hydrogen-bond acceptors (Lipinski definition) is 9. The molecule has 103 valence electrons. The molecule has 0 amide bonds. The Hall–Kier alpha value is -0.996. The fraction of sp³-hybridized carbons (Fsp3) is 0.625. The van der Waals surface area contributed by atoms with Crippen molar-refractivity contribution in [3.05, 3.63) is 0 Å². The molecule has 0 heterocycles. The van der Waals surface area contributed by atoms with E-state index in [9.17, 15) is 19.8 Å². The van der Waals surface area contributed by atoms with Gasteiger partial charge in [0.2, 0.25) is 0 Å². The molecule has 0 aliphatic carbocycles. The van der Waals surface area contributed by atoms with Gasteiger partial charge in [-0.15, -0.1) is 0 Å². The summed E-state index contributed by atoms with van der Waals surface area (Å²) in [5.41, 5.74) is 4.51. The summed E-state index contributed by atoms with van der Waals surface area (Å²) in [6.07, 6.45) is -2.69. The maximum absolute atomic E-state index is 9.34. The van der Waals surface area contributed by atoms with Crippen LogP contribution in [0.1, 0.15) is 13.8 Å². The summed E-state index contributed by atoms with van der Waals surface area (Å²) < 4.78 is 0. The van der Waals surface area contributed by atoms with Crippen LogP contribution in [0.4, 0.5) is 0 Å². The van der Waals surface area contributed by atoms with E-state index in [1.807, 2.05) is 0 Å². The van der Waals surface area contributed by atoms with Gasteiger partial charge in [0, 0.05) is 6.54 Å². The second-order valence-electron chi connectivity index (χ2n) is 2.57. The summed E-state index contributed by atoms with van der Waals surface area (Å²) in [4.78, 5) is 27.8. The number of aliphatic carboxylic acids is 3. The van der Waals surface area contributed by atoms with Crippen LogP contribution in [-0.4, -0.2) is 46.9 Å². The second kappa shape index (κ2) is 16.0. The van der Waals surface area contributed by atoms with Crippen LogP contribution in [0.25, 0.3) is 0 Å². The number of nitrogens with two attached hydrogens (primary N) is 1. The summed E-state index contributed by atoms with van der Waals surface area (Å²) in [5, 5.41) is 43.7. The smallest absolute Gasteiger partial charge is 0.549 e. The van der Waals surface area contributed by atoms with Crippen molar-refractivity contribution < 1.29 is 61.6 Å². The number of rotatable bonds is 3. The number of carboxylic acids is 3. The third-order valence-electron chi connectivity index (χ3n) is 0.849. The van der Waals surface area contributed by atoms with Gasteiger partial charge in [-0.05, 0) is 13.8 Å². The molecule has 2 unspecified atom stereocenters. The van der Waals surface area contributed by atoms with Gasteiger partial charge in [0.15, 0.2) is 0 Å². The quantitative estimate of drug-likeness (QED) is 0.426.